The number of benzene rings is 2. The topological polar surface area (TPSA) is 90.8 Å². The van der Waals surface area contributed by atoms with Crippen LogP contribution in [0.5, 0.6) is 5.75 Å². The molecule has 0 heterocycles. The number of nitrogens with one attached hydrogen (secondary N) is 2. The summed E-state index contributed by atoms with van der Waals surface area (Å²) in [4.78, 5) is 23.5. The highest BCUT2D eigenvalue weighted by Crippen LogP contribution is 2.21. The second-order valence-corrected chi connectivity index (χ2v) is 5.87. The predicted octanol–water partition coefficient (Wildman–Crippen LogP) is 3.57. The first-order chi connectivity index (χ1) is 12.0. The van der Waals surface area contributed by atoms with Gasteiger partial charge in [-0.1, -0.05) is 35.3 Å². The summed E-state index contributed by atoms with van der Waals surface area (Å²) in [6.45, 7) is 0. The fraction of sp³-hybridized carbons (Fsp3) is 0.118. The Kier molecular flexibility index (Phi) is 6.80. The number of amides is 2. The van der Waals surface area contributed by atoms with Gasteiger partial charge in [0.2, 0.25) is 11.8 Å². The molecule has 0 aromatic heterocycles. The van der Waals surface area contributed by atoms with E-state index >= 15 is 0 Å². The molecule has 2 aromatic carbocycles. The molecule has 3 N–H and O–H groups in total. The molecule has 2 amide bonds. The standard InChI is InChI=1S/C17H15Cl2N3O3/c18-12-5-6-15(23)11(9-12)10-20-22-17(25)8-7-16(24)21-14-4-2-1-3-13(14)19/h1-6,9-10,23H,7-8H2,(H,21,24)(H,22,25)/b20-10+. The lowest BCUT2D eigenvalue weighted by molar-refractivity contribution is -0.124. The fourth-order valence-corrected chi connectivity index (χ4v) is 2.22. The third-order valence-corrected chi connectivity index (χ3v) is 3.67. The van der Waals surface area contributed by atoms with Crippen LogP contribution in [0.25, 0.3) is 0 Å². The number of carbonyl (C=O) groups excluding carboxylic acids is 2. The van der Waals surface area contributed by atoms with E-state index in [1.54, 1.807) is 24.3 Å². The molecule has 0 fully saturated rings. The quantitative estimate of drug-likeness (QED) is 0.529. The van der Waals surface area contributed by atoms with Gasteiger partial charge in [-0.3, -0.25) is 9.59 Å². The molecule has 2 aromatic rings. The Morgan fingerprint density at radius 3 is 2.56 bits per heavy atom. The predicted molar refractivity (Wildman–Crippen MR) is 98.2 cm³/mol. The Hall–Kier alpha value is -2.57. The smallest absolute Gasteiger partial charge is 0.240 e. The number of nitrogens with zero attached hydrogens (tertiary/aromatic N) is 1. The molecule has 6 nitrogen and oxygen atoms in total. The molecule has 0 saturated heterocycles. The van der Waals surface area contributed by atoms with Crippen LogP contribution in [-0.2, 0) is 9.59 Å². The van der Waals surface area contributed by atoms with Crippen molar-refractivity contribution in [2.45, 2.75) is 12.8 Å². The van der Waals surface area contributed by atoms with Crippen LogP contribution in [0.3, 0.4) is 0 Å². The molecule has 0 unspecified atom stereocenters. The van der Waals surface area contributed by atoms with Gasteiger partial charge < -0.3 is 10.4 Å². The van der Waals surface area contributed by atoms with Crippen molar-refractivity contribution in [1.29, 1.82) is 0 Å². The second kappa shape index (κ2) is 9.05. The lowest BCUT2D eigenvalue weighted by Crippen LogP contribution is -2.20. The summed E-state index contributed by atoms with van der Waals surface area (Å²) in [7, 11) is 0. The number of phenols is 1. The summed E-state index contributed by atoms with van der Waals surface area (Å²) in [6.07, 6.45) is 1.20. The van der Waals surface area contributed by atoms with E-state index in [0.29, 0.717) is 21.3 Å². The number of aromatic hydroxyl groups is 1. The van der Waals surface area contributed by atoms with E-state index in [4.69, 9.17) is 23.2 Å². The minimum Gasteiger partial charge on any atom is -0.507 e. The van der Waals surface area contributed by atoms with E-state index in [0.717, 1.165) is 0 Å². The molecule has 0 aliphatic rings. The van der Waals surface area contributed by atoms with Crippen LogP contribution >= 0.6 is 23.2 Å². The van der Waals surface area contributed by atoms with Crippen molar-refractivity contribution in [2.24, 2.45) is 5.10 Å². The molecule has 0 atom stereocenters. The van der Waals surface area contributed by atoms with Crippen molar-refractivity contribution in [3.63, 3.8) is 0 Å². The number of carbonyl (C=O) groups is 2. The molecule has 8 heteroatoms. The van der Waals surface area contributed by atoms with Gasteiger partial charge in [-0.15, -0.1) is 0 Å². The van der Waals surface area contributed by atoms with Crippen LogP contribution in [0, 0.1) is 0 Å². The SMILES string of the molecule is O=C(CCC(=O)Nc1ccccc1Cl)N/N=C/c1cc(Cl)ccc1O. The van der Waals surface area contributed by atoms with Crippen LogP contribution in [0.4, 0.5) is 5.69 Å². The van der Waals surface area contributed by atoms with Crippen LogP contribution in [0.1, 0.15) is 18.4 Å². The molecule has 0 aliphatic carbocycles. The Bertz CT molecular complexity index is 809. The summed E-state index contributed by atoms with van der Waals surface area (Å²) in [5, 5.41) is 16.8. The van der Waals surface area contributed by atoms with Gasteiger partial charge in [-0.2, -0.15) is 5.10 Å². The first-order valence-corrected chi connectivity index (χ1v) is 8.06. The highest BCUT2D eigenvalue weighted by atomic mass is 35.5. The van der Waals surface area contributed by atoms with Crippen molar-refractivity contribution in [2.75, 3.05) is 5.32 Å². The molecule has 0 radical (unpaired) electrons. The Labute approximate surface area is 154 Å². The Morgan fingerprint density at radius 2 is 1.80 bits per heavy atom. The minimum atomic E-state index is -0.438. The molecule has 0 aliphatic heterocycles. The zero-order chi connectivity index (χ0) is 18.2. The number of hydrogen-bond donors (Lipinski definition) is 3. The van der Waals surface area contributed by atoms with Crippen LogP contribution in [0.15, 0.2) is 47.6 Å². The van der Waals surface area contributed by atoms with Crippen molar-refractivity contribution in [1.82, 2.24) is 5.43 Å². The summed E-state index contributed by atoms with van der Waals surface area (Å²) in [6, 6.07) is 11.3. The lowest BCUT2D eigenvalue weighted by Gasteiger charge is -2.06. The van der Waals surface area contributed by atoms with Crippen molar-refractivity contribution in [3.8, 4) is 5.75 Å². The average Bonchev–Trinajstić information content (AvgIpc) is 2.58. The number of halogens is 2. The number of anilines is 1. The van der Waals surface area contributed by atoms with E-state index < -0.39 is 5.91 Å². The van der Waals surface area contributed by atoms with E-state index in [2.05, 4.69) is 15.8 Å². The molecule has 25 heavy (non-hydrogen) atoms. The molecule has 130 valence electrons. The van der Waals surface area contributed by atoms with Gasteiger partial charge in [0.1, 0.15) is 5.75 Å². The molecule has 0 saturated carbocycles. The van der Waals surface area contributed by atoms with Crippen molar-refractivity contribution < 1.29 is 14.7 Å². The minimum absolute atomic E-state index is 0.0125. The van der Waals surface area contributed by atoms with Crippen molar-refractivity contribution >= 4 is 46.9 Å². The lowest BCUT2D eigenvalue weighted by atomic mass is 10.2. The Balaban J connectivity index is 1.78. The monoisotopic (exact) mass is 379 g/mol. The molecule has 2 rings (SSSR count). The molecular formula is C17H15Cl2N3O3. The highest BCUT2D eigenvalue weighted by Gasteiger charge is 2.08. The van der Waals surface area contributed by atoms with Gasteiger partial charge in [0.25, 0.3) is 0 Å². The first kappa shape index (κ1) is 18.8. The zero-order valence-corrected chi connectivity index (χ0v) is 14.5. The maximum Gasteiger partial charge on any atom is 0.240 e. The second-order valence-electron chi connectivity index (χ2n) is 5.02. The van der Waals surface area contributed by atoms with Gasteiger partial charge in [0, 0.05) is 23.4 Å². The summed E-state index contributed by atoms with van der Waals surface area (Å²) in [5.41, 5.74) is 3.13. The normalized spacial score (nSPS) is 10.6. The maximum absolute atomic E-state index is 11.8. The largest absolute Gasteiger partial charge is 0.507 e. The number of hydrazone groups is 1. The van der Waals surface area contributed by atoms with Gasteiger partial charge in [0.05, 0.1) is 16.9 Å². The first-order valence-electron chi connectivity index (χ1n) is 7.30. The van der Waals surface area contributed by atoms with E-state index in [1.807, 2.05) is 0 Å². The van der Waals surface area contributed by atoms with E-state index in [9.17, 15) is 14.7 Å². The van der Waals surface area contributed by atoms with Crippen LogP contribution in [0.2, 0.25) is 10.0 Å². The number of rotatable bonds is 6. The number of phenolic OH excluding ortho intramolecular Hbond substituents is 1. The zero-order valence-electron chi connectivity index (χ0n) is 13.0. The van der Waals surface area contributed by atoms with Crippen LogP contribution < -0.4 is 10.7 Å². The van der Waals surface area contributed by atoms with Gasteiger partial charge in [-0.25, -0.2) is 5.43 Å². The van der Waals surface area contributed by atoms with Crippen molar-refractivity contribution in [3.05, 3.63) is 58.1 Å². The summed E-state index contributed by atoms with van der Waals surface area (Å²) < 4.78 is 0. The molecule has 0 spiro atoms. The summed E-state index contributed by atoms with van der Waals surface area (Å²) >= 11 is 11.7. The third-order valence-electron chi connectivity index (χ3n) is 3.11. The molecule has 0 bridgehead atoms. The molecular weight excluding hydrogens is 365 g/mol. The van der Waals surface area contributed by atoms with Gasteiger partial charge in [0.15, 0.2) is 0 Å². The van der Waals surface area contributed by atoms with E-state index in [-0.39, 0.29) is 24.5 Å². The van der Waals surface area contributed by atoms with E-state index in [1.165, 1.54) is 24.4 Å². The Morgan fingerprint density at radius 1 is 1.08 bits per heavy atom. The maximum atomic E-state index is 11.8. The fourth-order valence-electron chi connectivity index (χ4n) is 1.86. The average molecular weight is 380 g/mol. The number of para-hydroxylation sites is 1. The summed E-state index contributed by atoms with van der Waals surface area (Å²) in [5.74, 6) is -0.784. The van der Waals surface area contributed by atoms with Gasteiger partial charge in [-0.05, 0) is 30.3 Å². The highest BCUT2D eigenvalue weighted by molar-refractivity contribution is 6.33. The van der Waals surface area contributed by atoms with Crippen LogP contribution in [-0.4, -0.2) is 23.1 Å². The third kappa shape index (κ3) is 6.10. The van der Waals surface area contributed by atoms with Gasteiger partial charge >= 0.3 is 0 Å². The number of hydrogen-bond acceptors (Lipinski definition) is 4.